The highest BCUT2D eigenvalue weighted by Gasteiger charge is 2.54. The molecule has 0 aromatic carbocycles. The van der Waals surface area contributed by atoms with Gasteiger partial charge in [0.05, 0.1) is 45.2 Å². The predicted molar refractivity (Wildman–Crippen MR) is 202 cm³/mol. The smallest absolute Gasteiger partial charge is 0.217 e. The van der Waals surface area contributed by atoms with Crippen molar-refractivity contribution >= 4 is 17.7 Å². The molecule has 28 nitrogen and oxygen atoms in total. The maximum absolute atomic E-state index is 12.4. The van der Waals surface area contributed by atoms with E-state index in [9.17, 15) is 85.9 Å². The lowest BCUT2D eigenvalue weighted by Gasteiger charge is -2.48. The van der Waals surface area contributed by atoms with Gasteiger partial charge in [0.2, 0.25) is 17.7 Å². The molecule has 28 heteroatoms. The van der Waals surface area contributed by atoms with Gasteiger partial charge in [-0.15, -0.1) is 0 Å². The SMILES string of the molecule is CC(=O)N[C@H]1[C@H](O[C@H]2[C@@H](O)[C@@H](CO)O[C@@H](O[C@@H]([C@@H](O)[C@H](O)CO[C@@H]3O[C@H](CO)[C@@H](O)[C@H](O[C@H]4O[C@H](C)[C@H](O)[C@H](O)[C@H]4O)[C@H]3NC(C)=O)[C@H](CO)NC(C)=O)[C@@H]2O)O[C@H](CO)[C@H](O)[C@@H]1O. The van der Waals surface area contributed by atoms with Crippen LogP contribution in [0.1, 0.15) is 27.7 Å². The molecule has 0 aromatic heterocycles. The van der Waals surface area contributed by atoms with Crippen LogP contribution < -0.4 is 16.0 Å². The van der Waals surface area contributed by atoms with Crippen LogP contribution in [0.4, 0.5) is 0 Å². The zero-order valence-corrected chi connectivity index (χ0v) is 35.1. The number of amides is 3. The van der Waals surface area contributed by atoms with Gasteiger partial charge in [0.25, 0.3) is 0 Å². The molecule has 0 bridgehead atoms. The van der Waals surface area contributed by atoms with E-state index in [0.717, 1.165) is 20.8 Å². The van der Waals surface area contributed by atoms with Crippen molar-refractivity contribution in [2.24, 2.45) is 0 Å². The molecule has 64 heavy (non-hydrogen) atoms. The van der Waals surface area contributed by atoms with Crippen molar-refractivity contribution in [2.75, 3.05) is 33.0 Å². The molecule has 4 fully saturated rings. The molecule has 0 unspecified atom stereocenters. The Labute approximate surface area is 365 Å². The highest BCUT2D eigenvalue weighted by molar-refractivity contribution is 5.74. The number of hydrogen-bond acceptors (Lipinski definition) is 25. The second kappa shape index (κ2) is 24.0. The Bertz CT molecular complexity index is 1490. The van der Waals surface area contributed by atoms with E-state index in [4.69, 9.17) is 37.9 Å². The third-order valence-electron chi connectivity index (χ3n) is 11.1. The molecule has 0 aromatic rings. The fraction of sp³-hybridized carbons (Fsp3) is 0.917. The summed E-state index contributed by atoms with van der Waals surface area (Å²) in [6, 6.07) is -4.75. The van der Waals surface area contributed by atoms with Gasteiger partial charge in [-0.25, -0.2) is 0 Å². The minimum absolute atomic E-state index is 0.740. The maximum atomic E-state index is 12.4. The first-order chi connectivity index (χ1) is 30.1. The van der Waals surface area contributed by atoms with Crippen LogP contribution in [0.15, 0.2) is 0 Å². The van der Waals surface area contributed by atoms with Crippen LogP contribution in [0.5, 0.6) is 0 Å². The first-order valence-corrected chi connectivity index (χ1v) is 20.4. The van der Waals surface area contributed by atoms with E-state index in [2.05, 4.69) is 16.0 Å². The zero-order valence-electron chi connectivity index (χ0n) is 35.1. The van der Waals surface area contributed by atoms with Gasteiger partial charge < -0.3 is 125 Å². The summed E-state index contributed by atoms with van der Waals surface area (Å²) in [6.45, 7) is -0.226. The van der Waals surface area contributed by atoms with E-state index in [-0.39, 0.29) is 0 Å². The second-order valence-corrected chi connectivity index (χ2v) is 15.9. The van der Waals surface area contributed by atoms with Crippen LogP contribution in [0, 0.1) is 0 Å². The Balaban J connectivity index is 1.59. The fourth-order valence-electron chi connectivity index (χ4n) is 7.68. The van der Waals surface area contributed by atoms with Crippen molar-refractivity contribution in [1.82, 2.24) is 16.0 Å². The Kier molecular flexibility index (Phi) is 20.3. The molecule has 372 valence electrons. The molecule has 4 aliphatic heterocycles. The quantitative estimate of drug-likeness (QED) is 0.0572. The first-order valence-electron chi connectivity index (χ1n) is 20.4. The molecule has 4 rings (SSSR count). The van der Waals surface area contributed by atoms with Gasteiger partial charge in [-0.2, -0.15) is 0 Å². The molecule has 0 radical (unpaired) electrons. The highest BCUT2D eigenvalue weighted by atomic mass is 16.7. The first kappa shape index (κ1) is 54.1. The average molecular weight is 938 g/mol. The molecular weight excluding hydrogens is 874 g/mol. The minimum Gasteiger partial charge on any atom is -0.394 e. The summed E-state index contributed by atoms with van der Waals surface area (Å²) in [4.78, 5) is 36.6. The summed E-state index contributed by atoms with van der Waals surface area (Å²) >= 11 is 0. The van der Waals surface area contributed by atoms with Crippen LogP contribution in [0.25, 0.3) is 0 Å². The molecule has 0 spiro atoms. The number of hydrogen-bond donors (Lipinski definition) is 17. The number of aliphatic hydroxyl groups is 14. The summed E-state index contributed by atoms with van der Waals surface area (Å²) in [5, 5.41) is 156. The van der Waals surface area contributed by atoms with Gasteiger partial charge in [0, 0.05) is 20.8 Å². The Morgan fingerprint density at radius 1 is 0.562 bits per heavy atom. The third kappa shape index (κ3) is 12.7. The number of carbonyl (C=O) groups excluding carboxylic acids is 3. The normalized spacial score (nSPS) is 42.5. The molecular formula is C36H63N3O25. The van der Waals surface area contributed by atoms with Crippen molar-refractivity contribution < 1.29 is 124 Å². The van der Waals surface area contributed by atoms with Crippen LogP contribution in [0.2, 0.25) is 0 Å². The Morgan fingerprint density at radius 3 is 1.62 bits per heavy atom. The third-order valence-corrected chi connectivity index (χ3v) is 11.1. The van der Waals surface area contributed by atoms with Gasteiger partial charge in [-0.05, 0) is 6.92 Å². The van der Waals surface area contributed by atoms with E-state index in [0.29, 0.717) is 0 Å². The molecule has 17 N–H and O–H groups in total. The highest BCUT2D eigenvalue weighted by Crippen LogP contribution is 2.33. The van der Waals surface area contributed by atoms with Gasteiger partial charge in [0.15, 0.2) is 25.2 Å². The van der Waals surface area contributed by atoms with Gasteiger partial charge in [-0.3, -0.25) is 14.4 Å². The van der Waals surface area contributed by atoms with E-state index in [1.807, 2.05) is 0 Å². The summed E-state index contributed by atoms with van der Waals surface area (Å²) < 4.78 is 45.4. The molecule has 4 aliphatic rings. The molecule has 3 amide bonds. The van der Waals surface area contributed by atoms with Crippen molar-refractivity contribution in [3.63, 3.8) is 0 Å². The molecule has 4 heterocycles. The summed E-state index contributed by atoms with van der Waals surface area (Å²) in [5.74, 6) is -2.29. The van der Waals surface area contributed by atoms with Crippen LogP contribution in [-0.2, 0) is 52.3 Å². The van der Waals surface area contributed by atoms with Crippen molar-refractivity contribution in [2.45, 2.75) is 175 Å². The van der Waals surface area contributed by atoms with Gasteiger partial charge in [0.1, 0.15) is 110 Å². The topological polar surface area (TPSA) is 444 Å². The van der Waals surface area contributed by atoms with E-state index >= 15 is 0 Å². The zero-order chi connectivity index (χ0) is 47.9. The van der Waals surface area contributed by atoms with Crippen molar-refractivity contribution in [3.05, 3.63) is 0 Å². The largest absolute Gasteiger partial charge is 0.394 e. The molecule has 4 saturated heterocycles. The number of ether oxygens (including phenoxy) is 8. The minimum atomic E-state index is -2.25. The maximum Gasteiger partial charge on any atom is 0.217 e. The van der Waals surface area contributed by atoms with Crippen molar-refractivity contribution in [1.29, 1.82) is 0 Å². The van der Waals surface area contributed by atoms with Crippen LogP contribution in [0.3, 0.4) is 0 Å². The lowest BCUT2D eigenvalue weighted by Crippen LogP contribution is -2.68. The average Bonchev–Trinajstić information content (AvgIpc) is 3.24. The molecule has 0 saturated carbocycles. The van der Waals surface area contributed by atoms with Crippen LogP contribution in [-0.4, -0.2) is 269 Å². The molecule has 24 atom stereocenters. The lowest BCUT2D eigenvalue weighted by atomic mass is 9.95. The van der Waals surface area contributed by atoms with E-state index in [1.54, 1.807) is 0 Å². The summed E-state index contributed by atoms with van der Waals surface area (Å²) in [5.41, 5.74) is 0. The predicted octanol–water partition coefficient (Wildman–Crippen LogP) is -10.8. The number of carbonyl (C=O) groups is 3. The molecule has 0 aliphatic carbocycles. The second-order valence-electron chi connectivity index (χ2n) is 15.9. The standard InChI is InChI=1S/C36H63N3O25/c1-10-21(48)27(54)28(55)35(58-10)63-31-20(39-13(4)46)33(59-17(7-42)24(31)51)57-9-15(47)22(49)30(14(5-40)37-11(2)44)62-36-29(56)32(25(52)18(8-43)61-36)64-34-19(38-12(3)45)26(53)23(50)16(6-41)60-34/h10,14-36,40-43,47-56H,5-9H2,1-4H3,(H,37,44)(H,38,45)(H,39,46)/t10-,14+,15-,16-,17-,18-,19-,20-,21+,22+,23+,24-,25+,26-,27+,28-,29-,30-,31-,32+,33-,34+,35-,36+/m1/s1. The van der Waals surface area contributed by atoms with Crippen LogP contribution >= 0.6 is 0 Å². The number of nitrogens with one attached hydrogen (secondary N) is 3. The summed E-state index contributed by atoms with van der Waals surface area (Å²) in [7, 11) is 0. The Hall–Kier alpha value is -2.47. The van der Waals surface area contributed by atoms with E-state index < -0.39 is 198 Å². The number of aliphatic hydroxyl groups excluding tert-OH is 14. The fourth-order valence-corrected chi connectivity index (χ4v) is 7.68. The lowest BCUT2D eigenvalue weighted by molar-refractivity contribution is -0.358. The monoisotopic (exact) mass is 937 g/mol. The van der Waals surface area contributed by atoms with Gasteiger partial charge in [-0.1, -0.05) is 0 Å². The summed E-state index contributed by atoms with van der Waals surface area (Å²) in [6.07, 6.45) is -37.7. The van der Waals surface area contributed by atoms with Gasteiger partial charge >= 0.3 is 0 Å². The number of rotatable bonds is 19. The van der Waals surface area contributed by atoms with Crippen molar-refractivity contribution in [3.8, 4) is 0 Å². The van der Waals surface area contributed by atoms with E-state index in [1.165, 1.54) is 6.92 Å². The Morgan fingerprint density at radius 2 is 1.08 bits per heavy atom.